The maximum Gasteiger partial charge on any atom is 0.339 e. The normalized spacial score (nSPS) is 11.3. The lowest BCUT2D eigenvalue weighted by Gasteiger charge is -2.15. The average molecular weight is 441 g/mol. The molecule has 0 saturated heterocycles. The number of nitro groups is 1. The number of non-ortho nitro benzene ring substituents is 1. The number of amides is 1. The molecule has 0 spiro atoms. The van der Waals surface area contributed by atoms with Crippen LogP contribution in [0, 0.1) is 10.1 Å². The highest BCUT2D eigenvalue weighted by Gasteiger charge is 2.23. The fraction of sp³-hybridized carbons (Fsp3) is 0.167. The first-order valence-electron chi connectivity index (χ1n) is 7.97. The van der Waals surface area contributed by atoms with Crippen molar-refractivity contribution in [1.82, 2.24) is 0 Å². The Morgan fingerprint density at radius 2 is 1.72 bits per heavy atom. The first-order chi connectivity index (χ1) is 13.6. The van der Waals surface area contributed by atoms with Crippen LogP contribution >= 0.6 is 23.2 Å². The number of hydrogen-bond donors (Lipinski definition) is 1. The highest BCUT2D eigenvalue weighted by molar-refractivity contribution is 6.44. The van der Waals surface area contributed by atoms with Crippen molar-refractivity contribution in [1.29, 1.82) is 0 Å². The molecule has 1 atom stereocenters. The van der Waals surface area contributed by atoms with Crippen LogP contribution in [-0.4, -0.2) is 36.0 Å². The molecule has 0 aliphatic heterocycles. The van der Waals surface area contributed by atoms with E-state index in [9.17, 15) is 24.5 Å². The molecule has 1 amide bonds. The minimum Gasteiger partial charge on any atom is -0.465 e. The molecular formula is C18H14Cl2N2O7. The molecule has 1 N–H and O–H groups in total. The summed E-state index contributed by atoms with van der Waals surface area (Å²) in [7, 11) is 1.09. The van der Waals surface area contributed by atoms with Crippen molar-refractivity contribution in [2.75, 3.05) is 12.4 Å². The quantitative estimate of drug-likeness (QED) is 0.410. The lowest BCUT2D eigenvalue weighted by atomic mass is 10.1. The second-order valence-electron chi connectivity index (χ2n) is 5.66. The van der Waals surface area contributed by atoms with Crippen LogP contribution < -0.4 is 5.32 Å². The minimum atomic E-state index is -1.28. The van der Waals surface area contributed by atoms with Gasteiger partial charge in [0.15, 0.2) is 6.10 Å². The Kier molecular flexibility index (Phi) is 7.13. The van der Waals surface area contributed by atoms with Gasteiger partial charge in [-0.3, -0.25) is 14.9 Å². The predicted octanol–water partition coefficient (Wildman–Crippen LogP) is 3.87. The molecule has 2 rings (SSSR count). The highest BCUT2D eigenvalue weighted by atomic mass is 35.5. The fourth-order valence-corrected chi connectivity index (χ4v) is 2.53. The number of halogens is 2. The number of anilines is 1. The van der Waals surface area contributed by atoms with Crippen LogP contribution in [0.25, 0.3) is 0 Å². The Morgan fingerprint density at radius 3 is 2.31 bits per heavy atom. The molecule has 11 heteroatoms. The Hall–Kier alpha value is -3.17. The number of methoxy groups -OCH3 is 1. The third-order valence-corrected chi connectivity index (χ3v) is 4.47. The zero-order valence-electron chi connectivity index (χ0n) is 15.1. The summed E-state index contributed by atoms with van der Waals surface area (Å²) in [6.45, 7) is 1.30. The summed E-state index contributed by atoms with van der Waals surface area (Å²) >= 11 is 11.9. The van der Waals surface area contributed by atoms with E-state index in [2.05, 4.69) is 10.1 Å². The predicted molar refractivity (Wildman–Crippen MR) is 104 cm³/mol. The van der Waals surface area contributed by atoms with E-state index < -0.39 is 34.6 Å². The van der Waals surface area contributed by atoms with Gasteiger partial charge in [-0.05, 0) is 25.1 Å². The molecular weight excluding hydrogens is 427 g/mol. The molecule has 0 radical (unpaired) electrons. The standard InChI is InChI=1S/C18H14Cl2N2O7/c1-9(16(23)21-14-5-3-4-13(19)15(14)20)29-18(25)11-6-10(17(24)28-2)7-12(8-11)22(26)27/h3-9H,1-2H3,(H,21,23). The number of nitro benzene ring substituents is 1. The smallest absolute Gasteiger partial charge is 0.339 e. The largest absolute Gasteiger partial charge is 0.465 e. The van der Waals surface area contributed by atoms with Gasteiger partial charge >= 0.3 is 11.9 Å². The molecule has 2 aromatic rings. The van der Waals surface area contributed by atoms with Gasteiger partial charge in [-0.25, -0.2) is 9.59 Å². The van der Waals surface area contributed by atoms with E-state index >= 15 is 0 Å². The van der Waals surface area contributed by atoms with Crippen LogP contribution in [-0.2, 0) is 14.3 Å². The molecule has 0 aliphatic carbocycles. The number of nitrogens with zero attached hydrogens (tertiary/aromatic N) is 1. The van der Waals surface area contributed by atoms with Crippen molar-refractivity contribution in [3.05, 3.63) is 67.7 Å². The van der Waals surface area contributed by atoms with E-state index in [1.165, 1.54) is 19.1 Å². The summed E-state index contributed by atoms with van der Waals surface area (Å²) in [5, 5.41) is 13.8. The van der Waals surface area contributed by atoms with E-state index in [1.807, 2.05) is 0 Å². The second-order valence-corrected chi connectivity index (χ2v) is 6.44. The van der Waals surface area contributed by atoms with Crippen LogP contribution in [0.5, 0.6) is 0 Å². The number of ether oxygens (including phenoxy) is 2. The van der Waals surface area contributed by atoms with Crippen molar-refractivity contribution >= 4 is 52.4 Å². The van der Waals surface area contributed by atoms with Crippen LogP contribution in [0.4, 0.5) is 11.4 Å². The summed E-state index contributed by atoms with van der Waals surface area (Å²) in [6, 6.07) is 7.55. The average Bonchev–Trinajstić information content (AvgIpc) is 2.70. The Bertz CT molecular complexity index is 994. The number of hydrogen-bond acceptors (Lipinski definition) is 7. The summed E-state index contributed by atoms with van der Waals surface area (Å²) < 4.78 is 9.55. The molecule has 29 heavy (non-hydrogen) atoms. The van der Waals surface area contributed by atoms with E-state index in [0.717, 1.165) is 25.3 Å². The van der Waals surface area contributed by atoms with Gasteiger partial charge in [-0.1, -0.05) is 29.3 Å². The van der Waals surface area contributed by atoms with Crippen LogP contribution in [0.3, 0.4) is 0 Å². The Morgan fingerprint density at radius 1 is 1.10 bits per heavy atom. The van der Waals surface area contributed by atoms with Gasteiger partial charge in [-0.2, -0.15) is 0 Å². The van der Waals surface area contributed by atoms with Gasteiger partial charge in [0.25, 0.3) is 11.6 Å². The summed E-state index contributed by atoms with van der Waals surface area (Å²) in [5.41, 5.74) is -0.797. The van der Waals surface area contributed by atoms with Gasteiger partial charge < -0.3 is 14.8 Å². The maximum absolute atomic E-state index is 12.3. The van der Waals surface area contributed by atoms with Gasteiger partial charge in [0.05, 0.1) is 38.9 Å². The summed E-state index contributed by atoms with van der Waals surface area (Å²) in [4.78, 5) is 46.6. The molecule has 0 bridgehead atoms. The minimum absolute atomic E-state index is 0.113. The van der Waals surface area contributed by atoms with Gasteiger partial charge in [-0.15, -0.1) is 0 Å². The number of benzene rings is 2. The van der Waals surface area contributed by atoms with Gasteiger partial charge in [0.1, 0.15) is 0 Å². The van der Waals surface area contributed by atoms with Gasteiger partial charge in [0, 0.05) is 12.1 Å². The van der Waals surface area contributed by atoms with Gasteiger partial charge in [0.2, 0.25) is 0 Å². The summed E-state index contributed by atoms with van der Waals surface area (Å²) in [6.07, 6.45) is -1.28. The highest BCUT2D eigenvalue weighted by Crippen LogP contribution is 2.29. The SMILES string of the molecule is COC(=O)c1cc(C(=O)OC(C)C(=O)Nc2cccc(Cl)c2Cl)cc([N+](=O)[O-])c1. The van der Waals surface area contributed by atoms with Crippen molar-refractivity contribution in [3.63, 3.8) is 0 Å². The number of rotatable bonds is 6. The molecule has 0 fully saturated rings. The van der Waals surface area contributed by atoms with E-state index in [1.54, 1.807) is 6.07 Å². The Balaban J connectivity index is 2.19. The van der Waals surface area contributed by atoms with Crippen molar-refractivity contribution < 1.29 is 28.8 Å². The maximum atomic E-state index is 12.3. The van der Waals surface area contributed by atoms with Crippen LogP contribution in [0.1, 0.15) is 27.6 Å². The number of esters is 2. The van der Waals surface area contributed by atoms with E-state index in [-0.39, 0.29) is 26.9 Å². The monoisotopic (exact) mass is 440 g/mol. The molecule has 2 aromatic carbocycles. The number of carbonyl (C=O) groups is 3. The first kappa shape index (κ1) is 22.1. The fourth-order valence-electron chi connectivity index (χ4n) is 2.19. The molecule has 0 aliphatic rings. The molecule has 152 valence electrons. The second kappa shape index (κ2) is 9.35. The van der Waals surface area contributed by atoms with E-state index in [4.69, 9.17) is 27.9 Å². The van der Waals surface area contributed by atoms with Crippen molar-refractivity contribution in [2.45, 2.75) is 13.0 Å². The topological polar surface area (TPSA) is 125 Å². The lowest BCUT2D eigenvalue weighted by Crippen LogP contribution is -2.30. The Labute approximate surface area is 174 Å². The van der Waals surface area contributed by atoms with Crippen LogP contribution in [0.2, 0.25) is 10.0 Å². The van der Waals surface area contributed by atoms with E-state index in [0.29, 0.717) is 0 Å². The third-order valence-electron chi connectivity index (χ3n) is 3.65. The van der Waals surface area contributed by atoms with Crippen molar-refractivity contribution in [3.8, 4) is 0 Å². The molecule has 0 saturated carbocycles. The molecule has 0 heterocycles. The first-order valence-corrected chi connectivity index (χ1v) is 8.73. The molecule has 9 nitrogen and oxygen atoms in total. The van der Waals surface area contributed by atoms with Crippen molar-refractivity contribution in [2.24, 2.45) is 0 Å². The zero-order chi connectivity index (χ0) is 21.7. The number of carbonyl (C=O) groups excluding carboxylic acids is 3. The molecule has 0 aromatic heterocycles. The molecule has 1 unspecified atom stereocenters. The van der Waals surface area contributed by atoms with Crippen LogP contribution in [0.15, 0.2) is 36.4 Å². The zero-order valence-corrected chi connectivity index (χ0v) is 16.6. The third kappa shape index (κ3) is 5.43. The lowest BCUT2D eigenvalue weighted by molar-refractivity contribution is -0.384. The summed E-state index contributed by atoms with van der Waals surface area (Å²) in [5.74, 6) is -2.62. The number of nitrogens with one attached hydrogen (secondary N) is 1.